The molecule has 110 valence electrons. The van der Waals surface area contributed by atoms with Crippen molar-refractivity contribution in [2.75, 3.05) is 19.6 Å². The third kappa shape index (κ3) is 2.85. The van der Waals surface area contributed by atoms with Gasteiger partial charge in [0.05, 0.1) is 0 Å². The first-order chi connectivity index (χ1) is 9.29. The van der Waals surface area contributed by atoms with Gasteiger partial charge in [0.25, 0.3) is 0 Å². The van der Waals surface area contributed by atoms with E-state index in [-0.39, 0.29) is 0 Å². The first-order valence-corrected chi connectivity index (χ1v) is 8.79. The zero-order chi connectivity index (χ0) is 13.2. The molecule has 2 heteroatoms. The smallest absolute Gasteiger partial charge is 0.0224 e. The van der Waals surface area contributed by atoms with Gasteiger partial charge in [0.1, 0.15) is 0 Å². The van der Waals surface area contributed by atoms with Crippen molar-refractivity contribution in [3.8, 4) is 0 Å². The molecule has 0 bridgehead atoms. The minimum atomic E-state index is 0.824. The molecule has 0 aromatic carbocycles. The maximum atomic E-state index is 2.91. The fourth-order valence-electron chi connectivity index (χ4n) is 4.85. The Balaban J connectivity index is 1.67. The second-order valence-corrected chi connectivity index (χ2v) is 7.19. The summed E-state index contributed by atoms with van der Waals surface area (Å²) < 4.78 is 0. The van der Waals surface area contributed by atoms with E-state index in [1.54, 1.807) is 0 Å². The van der Waals surface area contributed by atoms with Gasteiger partial charge < -0.3 is 0 Å². The molecular formula is C17H32N2. The van der Waals surface area contributed by atoms with Crippen LogP contribution in [0.2, 0.25) is 0 Å². The van der Waals surface area contributed by atoms with E-state index < -0.39 is 0 Å². The van der Waals surface area contributed by atoms with Crippen LogP contribution in [0.1, 0.15) is 65.2 Å². The Morgan fingerprint density at radius 1 is 1.00 bits per heavy atom. The van der Waals surface area contributed by atoms with E-state index in [0.717, 1.165) is 24.0 Å². The minimum absolute atomic E-state index is 0.824. The maximum Gasteiger partial charge on any atom is 0.0224 e. The number of nitrogens with zero attached hydrogens (tertiary/aromatic N) is 2. The highest BCUT2D eigenvalue weighted by molar-refractivity contribution is 4.94. The molecule has 3 aliphatic rings. The number of hydrogen-bond acceptors (Lipinski definition) is 2. The summed E-state index contributed by atoms with van der Waals surface area (Å²) in [4.78, 5) is 5.71. The zero-order valence-corrected chi connectivity index (χ0v) is 13.0. The molecule has 2 nitrogen and oxygen atoms in total. The van der Waals surface area contributed by atoms with Crippen LogP contribution in [0.25, 0.3) is 0 Å². The summed E-state index contributed by atoms with van der Waals surface area (Å²) in [6.07, 6.45) is 11.6. The minimum Gasteiger partial charge on any atom is -0.298 e. The van der Waals surface area contributed by atoms with Crippen LogP contribution < -0.4 is 0 Å². The largest absolute Gasteiger partial charge is 0.298 e. The standard InChI is InChI=1S/C17H32N2/c1-3-16-12-18-11-7-6-10-17(18)13-19(16)14(2)15-8-4-5-9-15/h14-17H,3-13H2,1-2H3. The average molecular weight is 264 g/mol. The Morgan fingerprint density at radius 2 is 1.74 bits per heavy atom. The van der Waals surface area contributed by atoms with Crippen LogP contribution in [0.4, 0.5) is 0 Å². The van der Waals surface area contributed by atoms with Crippen molar-refractivity contribution < 1.29 is 0 Å². The van der Waals surface area contributed by atoms with E-state index in [2.05, 4.69) is 23.6 Å². The van der Waals surface area contributed by atoms with E-state index in [4.69, 9.17) is 0 Å². The highest BCUT2D eigenvalue weighted by atomic mass is 15.3. The normalized spacial score (nSPS) is 36.3. The van der Waals surface area contributed by atoms with Gasteiger partial charge in [-0.2, -0.15) is 0 Å². The SMILES string of the molecule is CCC1CN2CCCCC2CN1C(C)C1CCCC1. The lowest BCUT2D eigenvalue weighted by atomic mass is 9.90. The zero-order valence-electron chi connectivity index (χ0n) is 13.0. The molecule has 3 rings (SSSR count). The van der Waals surface area contributed by atoms with Gasteiger partial charge in [-0.3, -0.25) is 9.80 Å². The quantitative estimate of drug-likeness (QED) is 0.769. The maximum absolute atomic E-state index is 2.91. The van der Waals surface area contributed by atoms with Crippen molar-refractivity contribution in [2.24, 2.45) is 5.92 Å². The van der Waals surface area contributed by atoms with Crippen LogP contribution in [0.5, 0.6) is 0 Å². The Labute approximate surface area is 119 Å². The predicted molar refractivity (Wildman–Crippen MR) is 81.4 cm³/mol. The van der Waals surface area contributed by atoms with Gasteiger partial charge in [-0.1, -0.05) is 26.2 Å². The highest BCUT2D eigenvalue weighted by Crippen LogP contribution is 2.34. The topological polar surface area (TPSA) is 6.48 Å². The van der Waals surface area contributed by atoms with Crippen LogP contribution in [-0.2, 0) is 0 Å². The van der Waals surface area contributed by atoms with E-state index >= 15 is 0 Å². The first kappa shape index (κ1) is 13.9. The average Bonchev–Trinajstić information content (AvgIpc) is 2.99. The molecule has 0 aromatic rings. The van der Waals surface area contributed by atoms with Gasteiger partial charge in [0, 0.05) is 31.2 Å². The summed E-state index contributed by atoms with van der Waals surface area (Å²) >= 11 is 0. The Bertz CT molecular complexity index is 285. The fourth-order valence-corrected chi connectivity index (χ4v) is 4.85. The summed E-state index contributed by atoms with van der Waals surface area (Å²) in [7, 11) is 0. The monoisotopic (exact) mass is 264 g/mol. The van der Waals surface area contributed by atoms with Crippen molar-refractivity contribution in [1.82, 2.24) is 9.80 Å². The van der Waals surface area contributed by atoms with Gasteiger partial charge >= 0.3 is 0 Å². The number of piperidine rings is 1. The molecule has 0 aromatic heterocycles. The molecule has 3 unspecified atom stereocenters. The van der Waals surface area contributed by atoms with Gasteiger partial charge in [-0.15, -0.1) is 0 Å². The third-order valence-corrected chi connectivity index (χ3v) is 6.16. The van der Waals surface area contributed by atoms with Gasteiger partial charge in [0.2, 0.25) is 0 Å². The van der Waals surface area contributed by atoms with Crippen molar-refractivity contribution in [1.29, 1.82) is 0 Å². The highest BCUT2D eigenvalue weighted by Gasteiger charge is 2.38. The molecular weight excluding hydrogens is 232 g/mol. The molecule has 2 aliphatic heterocycles. The van der Waals surface area contributed by atoms with Crippen molar-refractivity contribution in [2.45, 2.75) is 83.3 Å². The third-order valence-electron chi connectivity index (χ3n) is 6.16. The summed E-state index contributed by atoms with van der Waals surface area (Å²) in [5, 5.41) is 0. The lowest BCUT2D eigenvalue weighted by molar-refractivity contribution is -0.0239. The second kappa shape index (κ2) is 6.13. The van der Waals surface area contributed by atoms with Crippen molar-refractivity contribution >= 4 is 0 Å². The molecule has 3 atom stereocenters. The van der Waals surface area contributed by atoms with E-state index in [1.165, 1.54) is 71.0 Å². The molecule has 19 heavy (non-hydrogen) atoms. The Morgan fingerprint density at radius 3 is 2.47 bits per heavy atom. The lowest BCUT2D eigenvalue weighted by Gasteiger charge is -2.51. The molecule has 1 saturated carbocycles. The van der Waals surface area contributed by atoms with Crippen LogP contribution in [0.3, 0.4) is 0 Å². The van der Waals surface area contributed by atoms with Gasteiger partial charge in [-0.05, 0) is 51.5 Å². The van der Waals surface area contributed by atoms with E-state index in [1.807, 2.05) is 0 Å². The predicted octanol–water partition coefficient (Wildman–Crippen LogP) is 3.51. The second-order valence-electron chi connectivity index (χ2n) is 7.19. The number of hydrogen-bond donors (Lipinski definition) is 0. The molecule has 0 spiro atoms. The van der Waals surface area contributed by atoms with Crippen LogP contribution in [0.15, 0.2) is 0 Å². The number of fused-ring (bicyclic) bond motifs is 1. The van der Waals surface area contributed by atoms with Crippen LogP contribution in [-0.4, -0.2) is 47.6 Å². The fraction of sp³-hybridized carbons (Fsp3) is 1.00. The first-order valence-electron chi connectivity index (χ1n) is 8.79. The molecule has 2 heterocycles. The lowest BCUT2D eigenvalue weighted by Crippen LogP contribution is -2.62. The van der Waals surface area contributed by atoms with Gasteiger partial charge in [-0.25, -0.2) is 0 Å². The van der Waals surface area contributed by atoms with E-state index in [0.29, 0.717) is 0 Å². The summed E-state index contributed by atoms with van der Waals surface area (Å²) in [6, 6.07) is 2.53. The van der Waals surface area contributed by atoms with Crippen LogP contribution in [0, 0.1) is 5.92 Å². The summed E-state index contributed by atoms with van der Waals surface area (Å²) in [5.41, 5.74) is 0. The molecule has 0 amide bonds. The van der Waals surface area contributed by atoms with Crippen molar-refractivity contribution in [3.05, 3.63) is 0 Å². The molecule has 1 aliphatic carbocycles. The molecule has 0 N–H and O–H groups in total. The van der Waals surface area contributed by atoms with E-state index in [9.17, 15) is 0 Å². The number of rotatable bonds is 3. The molecule has 3 fully saturated rings. The number of piperazine rings is 1. The van der Waals surface area contributed by atoms with Crippen LogP contribution >= 0.6 is 0 Å². The van der Waals surface area contributed by atoms with Gasteiger partial charge in [0.15, 0.2) is 0 Å². The van der Waals surface area contributed by atoms with Crippen molar-refractivity contribution in [3.63, 3.8) is 0 Å². The molecule has 2 saturated heterocycles. The Kier molecular flexibility index (Phi) is 4.48. The summed E-state index contributed by atoms with van der Waals surface area (Å²) in [6.45, 7) is 8.99. The Hall–Kier alpha value is -0.0800. The molecule has 0 radical (unpaired) electrons. The summed E-state index contributed by atoms with van der Waals surface area (Å²) in [5.74, 6) is 0.990.